The highest BCUT2D eigenvalue weighted by atomic mass is 35.5. The molecule has 0 radical (unpaired) electrons. The number of nitriles is 1. The lowest BCUT2D eigenvalue weighted by atomic mass is 10.0. The molecule has 0 saturated carbocycles. The van der Waals surface area contributed by atoms with Crippen molar-refractivity contribution in [1.29, 1.82) is 5.26 Å². The van der Waals surface area contributed by atoms with Crippen LogP contribution in [0.4, 0.5) is 5.00 Å². The molecule has 0 unspecified atom stereocenters. The van der Waals surface area contributed by atoms with E-state index in [-0.39, 0.29) is 11.8 Å². The van der Waals surface area contributed by atoms with Gasteiger partial charge in [-0.05, 0) is 24.1 Å². The Morgan fingerprint density at radius 3 is 2.78 bits per heavy atom. The van der Waals surface area contributed by atoms with Crippen molar-refractivity contribution in [1.82, 2.24) is 4.90 Å². The maximum atomic E-state index is 12.3. The molecule has 0 bridgehead atoms. The van der Waals surface area contributed by atoms with E-state index in [1.165, 1.54) is 29.6 Å². The standard InChI is InChI=1S/C15H12ClN3O2S2/c1-8(20)19-5-4-9-10(6-17)15(23-12(9)7-19)18-14(21)11-2-3-13(16)22-11/h2-3H,4-5,7H2,1H3,(H,18,21). The van der Waals surface area contributed by atoms with Crippen LogP contribution in [-0.2, 0) is 17.8 Å². The summed E-state index contributed by atoms with van der Waals surface area (Å²) in [5.41, 5.74) is 1.44. The van der Waals surface area contributed by atoms with Crippen LogP contribution in [0.25, 0.3) is 0 Å². The quantitative estimate of drug-likeness (QED) is 0.885. The number of carbonyl (C=O) groups is 2. The number of fused-ring (bicyclic) bond motifs is 1. The first-order valence-corrected chi connectivity index (χ1v) is 8.87. The summed E-state index contributed by atoms with van der Waals surface area (Å²) in [5.74, 6) is -0.262. The van der Waals surface area contributed by atoms with Crippen molar-refractivity contribution < 1.29 is 9.59 Å². The molecule has 2 aromatic rings. The van der Waals surface area contributed by atoms with Gasteiger partial charge in [0.15, 0.2) is 0 Å². The number of rotatable bonds is 2. The van der Waals surface area contributed by atoms with E-state index < -0.39 is 0 Å². The van der Waals surface area contributed by atoms with Gasteiger partial charge in [0.2, 0.25) is 5.91 Å². The average molecular weight is 366 g/mol. The van der Waals surface area contributed by atoms with Crippen molar-refractivity contribution >= 4 is 51.1 Å². The minimum atomic E-state index is -0.277. The Kier molecular flexibility index (Phi) is 4.39. The van der Waals surface area contributed by atoms with E-state index in [9.17, 15) is 14.9 Å². The van der Waals surface area contributed by atoms with E-state index >= 15 is 0 Å². The van der Waals surface area contributed by atoms with Crippen LogP contribution < -0.4 is 5.32 Å². The van der Waals surface area contributed by atoms with Crippen molar-refractivity contribution in [3.63, 3.8) is 0 Å². The summed E-state index contributed by atoms with van der Waals surface area (Å²) in [7, 11) is 0. The molecule has 3 rings (SSSR count). The van der Waals surface area contributed by atoms with E-state index in [2.05, 4.69) is 11.4 Å². The molecule has 1 aliphatic heterocycles. The maximum Gasteiger partial charge on any atom is 0.266 e. The van der Waals surface area contributed by atoms with E-state index in [4.69, 9.17) is 11.6 Å². The van der Waals surface area contributed by atoms with Crippen molar-refractivity contribution in [3.05, 3.63) is 37.4 Å². The Morgan fingerprint density at radius 1 is 1.39 bits per heavy atom. The van der Waals surface area contributed by atoms with Crippen LogP contribution >= 0.6 is 34.3 Å². The lowest BCUT2D eigenvalue weighted by Crippen LogP contribution is -2.33. The van der Waals surface area contributed by atoms with E-state index in [0.717, 1.165) is 10.4 Å². The Labute approximate surface area is 146 Å². The largest absolute Gasteiger partial charge is 0.337 e. The number of hydrogen-bond donors (Lipinski definition) is 1. The first kappa shape index (κ1) is 16.0. The second kappa shape index (κ2) is 6.32. The number of nitrogens with one attached hydrogen (secondary N) is 1. The van der Waals surface area contributed by atoms with Crippen molar-refractivity contribution in [2.75, 3.05) is 11.9 Å². The second-order valence-corrected chi connectivity index (χ2v) is 7.89. The first-order chi connectivity index (χ1) is 11.0. The average Bonchev–Trinajstić information content (AvgIpc) is 3.09. The third-order valence-corrected chi connectivity index (χ3v) is 6.00. The van der Waals surface area contributed by atoms with Gasteiger partial charge in [0.25, 0.3) is 5.91 Å². The predicted octanol–water partition coefficient (Wildman–Crippen LogP) is 3.49. The number of amides is 2. The van der Waals surface area contributed by atoms with Gasteiger partial charge >= 0.3 is 0 Å². The third kappa shape index (κ3) is 3.11. The molecule has 0 aliphatic carbocycles. The lowest BCUT2D eigenvalue weighted by Gasteiger charge is -2.25. The summed E-state index contributed by atoms with van der Waals surface area (Å²) in [5, 5.41) is 12.8. The molecule has 1 N–H and O–H groups in total. The summed E-state index contributed by atoms with van der Waals surface area (Å²) in [6.07, 6.45) is 0.634. The third-order valence-electron chi connectivity index (χ3n) is 3.64. The molecule has 0 fully saturated rings. The minimum Gasteiger partial charge on any atom is -0.337 e. The Hall–Kier alpha value is -1.88. The van der Waals surface area contributed by atoms with Gasteiger partial charge in [0.1, 0.15) is 11.1 Å². The molecule has 0 spiro atoms. The topological polar surface area (TPSA) is 73.2 Å². The fraction of sp³-hybridized carbons (Fsp3) is 0.267. The van der Waals surface area contributed by atoms with Gasteiger partial charge in [0, 0.05) is 18.3 Å². The fourth-order valence-corrected chi connectivity index (χ4v) is 4.63. The van der Waals surface area contributed by atoms with E-state index in [1.807, 2.05) is 0 Å². The van der Waals surface area contributed by atoms with E-state index in [1.54, 1.807) is 17.0 Å². The van der Waals surface area contributed by atoms with Crippen LogP contribution in [0.2, 0.25) is 4.34 Å². The van der Waals surface area contributed by atoms with Gasteiger partial charge < -0.3 is 10.2 Å². The molecule has 1 aliphatic rings. The molecule has 23 heavy (non-hydrogen) atoms. The molecule has 2 amide bonds. The molecule has 8 heteroatoms. The van der Waals surface area contributed by atoms with Gasteiger partial charge in [0.05, 0.1) is 21.3 Å². The Balaban J connectivity index is 1.88. The minimum absolute atomic E-state index is 0.0152. The molecular weight excluding hydrogens is 354 g/mol. The molecule has 2 aromatic heterocycles. The molecule has 3 heterocycles. The molecule has 0 saturated heterocycles. The zero-order chi connectivity index (χ0) is 16.6. The number of thiophene rings is 2. The van der Waals surface area contributed by atoms with Crippen LogP contribution in [0.3, 0.4) is 0 Å². The van der Waals surface area contributed by atoms with Gasteiger partial charge in [-0.25, -0.2) is 0 Å². The van der Waals surface area contributed by atoms with Gasteiger partial charge in [-0.2, -0.15) is 5.26 Å². The van der Waals surface area contributed by atoms with Crippen LogP contribution in [0.1, 0.15) is 32.6 Å². The van der Waals surface area contributed by atoms with E-state index in [0.29, 0.717) is 39.3 Å². The lowest BCUT2D eigenvalue weighted by molar-refractivity contribution is -0.129. The Bertz CT molecular complexity index is 834. The summed E-state index contributed by atoms with van der Waals surface area (Å²) in [4.78, 5) is 27.0. The van der Waals surface area contributed by atoms with Crippen molar-refractivity contribution in [3.8, 4) is 6.07 Å². The normalized spacial score (nSPS) is 13.3. The number of hydrogen-bond acceptors (Lipinski definition) is 5. The van der Waals surface area contributed by atoms with Crippen molar-refractivity contribution in [2.45, 2.75) is 19.9 Å². The zero-order valence-electron chi connectivity index (χ0n) is 12.2. The predicted molar refractivity (Wildman–Crippen MR) is 91.1 cm³/mol. The van der Waals surface area contributed by atoms with Crippen LogP contribution in [0.5, 0.6) is 0 Å². The van der Waals surface area contributed by atoms with Crippen LogP contribution in [-0.4, -0.2) is 23.3 Å². The molecular formula is C15H12ClN3O2S2. The smallest absolute Gasteiger partial charge is 0.266 e. The summed E-state index contributed by atoms with van der Waals surface area (Å²) >= 11 is 8.40. The fourth-order valence-electron chi connectivity index (χ4n) is 2.48. The molecule has 118 valence electrons. The van der Waals surface area contributed by atoms with Crippen LogP contribution in [0.15, 0.2) is 12.1 Å². The van der Waals surface area contributed by atoms with Gasteiger partial charge in [-0.15, -0.1) is 22.7 Å². The molecule has 0 aromatic carbocycles. The Morgan fingerprint density at radius 2 is 2.17 bits per heavy atom. The monoisotopic (exact) mass is 365 g/mol. The maximum absolute atomic E-state index is 12.3. The number of carbonyl (C=O) groups excluding carboxylic acids is 2. The number of halogens is 1. The highest BCUT2D eigenvalue weighted by Crippen LogP contribution is 2.37. The summed E-state index contributed by atoms with van der Waals surface area (Å²) < 4.78 is 0.540. The second-order valence-electron chi connectivity index (χ2n) is 5.07. The van der Waals surface area contributed by atoms with Gasteiger partial charge in [-0.1, -0.05) is 11.6 Å². The number of nitrogens with zero attached hydrogens (tertiary/aromatic N) is 2. The molecule has 5 nitrogen and oxygen atoms in total. The highest BCUT2D eigenvalue weighted by Gasteiger charge is 2.26. The first-order valence-electron chi connectivity index (χ1n) is 6.86. The SMILES string of the molecule is CC(=O)N1CCc2c(sc(NC(=O)c3ccc(Cl)s3)c2C#N)C1. The highest BCUT2D eigenvalue weighted by molar-refractivity contribution is 7.18. The van der Waals surface area contributed by atoms with Gasteiger partial charge in [-0.3, -0.25) is 9.59 Å². The summed E-state index contributed by atoms with van der Waals surface area (Å²) in [6.45, 7) is 2.62. The summed E-state index contributed by atoms with van der Waals surface area (Å²) in [6, 6.07) is 5.49. The van der Waals surface area contributed by atoms with Crippen molar-refractivity contribution in [2.24, 2.45) is 0 Å². The zero-order valence-corrected chi connectivity index (χ0v) is 14.6. The number of anilines is 1. The molecule has 0 atom stereocenters. The van der Waals surface area contributed by atoms with Crippen LogP contribution in [0, 0.1) is 11.3 Å².